The minimum Gasteiger partial charge on any atom is -0.361 e. The highest BCUT2D eigenvalue weighted by Gasteiger charge is 2.10. The molecule has 4 nitrogen and oxygen atoms in total. The van der Waals surface area contributed by atoms with Gasteiger partial charge in [-0.2, -0.15) is 0 Å². The lowest BCUT2D eigenvalue weighted by Crippen LogP contribution is -1.99. The number of hydrogen-bond donors (Lipinski definition) is 0. The highest BCUT2D eigenvalue weighted by Crippen LogP contribution is 2.18. The molecule has 86 valence electrons. The van der Waals surface area contributed by atoms with Gasteiger partial charge in [0.05, 0.1) is 29.6 Å². The first-order valence-corrected chi connectivity index (χ1v) is 5.57. The molecule has 2 heterocycles. The largest absolute Gasteiger partial charge is 0.361 e. The van der Waals surface area contributed by atoms with E-state index in [1.807, 2.05) is 38.4 Å². The number of aryl methyl sites for hydroxylation is 2. The molecule has 0 bridgehead atoms. The van der Waals surface area contributed by atoms with Gasteiger partial charge in [0, 0.05) is 5.56 Å². The highest BCUT2D eigenvalue weighted by atomic mass is 16.5. The van der Waals surface area contributed by atoms with Crippen LogP contribution in [0.4, 0.5) is 0 Å². The Kier molecular flexibility index (Phi) is 2.21. The van der Waals surface area contributed by atoms with Crippen molar-refractivity contribution in [3.63, 3.8) is 0 Å². The van der Waals surface area contributed by atoms with E-state index >= 15 is 0 Å². The van der Waals surface area contributed by atoms with Crippen molar-refractivity contribution in [2.45, 2.75) is 20.4 Å². The van der Waals surface area contributed by atoms with Crippen LogP contribution >= 0.6 is 0 Å². The molecule has 3 aromatic rings. The van der Waals surface area contributed by atoms with Crippen molar-refractivity contribution >= 4 is 11.0 Å². The summed E-state index contributed by atoms with van der Waals surface area (Å²) in [4.78, 5) is 4.37. The third kappa shape index (κ3) is 1.62. The van der Waals surface area contributed by atoms with Crippen LogP contribution in [0.2, 0.25) is 0 Å². The minimum atomic E-state index is 0.752. The number of imidazole rings is 1. The van der Waals surface area contributed by atoms with Crippen LogP contribution in [0, 0.1) is 13.8 Å². The van der Waals surface area contributed by atoms with Crippen LogP contribution in [0.15, 0.2) is 35.1 Å². The molecular weight excluding hydrogens is 214 g/mol. The summed E-state index contributed by atoms with van der Waals surface area (Å²) < 4.78 is 7.29. The first-order chi connectivity index (χ1) is 8.25. The molecule has 0 N–H and O–H groups in total. The average Bonchev–Trinajstić information content (AvgIpc) is 2.88. The van der Waals surface area contributed by atoms with Gasteiger partial charge < -0.3 is 9.09 Å². The molecular formula is C13H13N3O. The Morgan fingerprint density at radius 1 is 1.24 bits per heavy atom. The summed E-state index contributed by atoms with van der Waals surface area (Å²) in [6.45, 7) is 4.65. The summed E-state index contributed by atoms with van der Waals surface area (Å²) in [7, 11) is 0. The Morgan fingerprint density at radius 3 is 2.82 bits per heavy atom. The van der Waals surface area contributed by atoms with E-state index in [2.05, 4.69) is 20.8 Å². The van der Waals surface area contributed by atoms with Crippen LogP contribution < -0.4 is 0 Å². The molecule has 0 spiro atoms. The molecule has 0 radical (unpaired) electrons. The number of aromatic nitrogens is 3. The fourth-order valence-corrected chi connectivity index (χ4v) is 2.03. The fourth-order valence-electron chi connectivity index (χ4n) is 2.03. The first kappa shape index (κ1) is 10.1. The van der Waals surface area contributed by atoms with Crippen LogP contribution in [0.5, 0.6) is 0 Å². The smallest absolute Gasteiger partial charge is 0.138 e. The Morgan fingerprint density at radius 2 is 2.06 bits per heavy atom. The van der Waals surface area contributed by atoms with E-state index < -0.39 is 0 Å². The van der Waals surface area contributed by atoms with Gasteiger partial charge in [-0.15, -0.1) is 0 Å². The molecule has 2 aromatic heterocycles. The summed E-state index contributed by atoms with van der Waals surface area (Å²) in [6, 6.07) is 8.10. The van der Waals surface area contributed by atoms with E-state index in [1.54, 1.807) is 0 Å². The summed E-state index contributed by atoms with van der Waals surface area (Å²) in [6.07, 6.45) is 1.86. The predicted octanol–water partition coefficient (Wildman–Crippen LogP) is 2.69. The molecule has 0 saturated carbocycles. The molecule has 1 aromatic carbocycles. The zero-order valence-corrected chi connectivity index (χ0v) is 9.84. The van der Waals surface area contributed by atoms with E-state index in [0.29, 0.717) is 0 Å². The van der Waals surface area contributed by atoms with Gasteiger partial charge in [0.1, 0.15) is 5.76 Å². The maximum absolute atomic E-state index is 5.17. The maximum atomic E-state index is 5.17. The van der Waals surface area contributed by atoms with E-state index in [1.165, 1.54) is 0 Å². The molecule has 0 unspecified atom stereocenters. The van der Waals surface area contributed by atoms with Gasteiger partial charge in [0.25, 0.3) is 0 Å². The number of nitrogens with zero attached hydrogens (tertiary/aromatic N) is 3. The number of rotatable bonds is 2. The topological polar surface area (TPSA) is 43.9 Å². The molecule has 0 fully saturated rings. The normalized spacial score (nSPS) is 11.2. The highest BCUT2D eigenvalue weighted by molar-refractivity contribution is 5.75. The van der Waals surface area contributed by atoms with E-state index in [0.717, 1.165) is 34.6 Å². The standard InChI is InChI=1S/C13H13N3O/c1-9-11(10(2)17-15-9)7-16-8-14-12-5-3-4-6-13(12)16/h3-6,8H,7H2,1-2H3. The molecule has 3 rings (SSSR count). The Labute approximate surface area is 98.9 Å². The first-order valence-electron chi connectivity index (χ1n) is 5.57. The van der Waals surface area contributed by atoms with Crippen molar-refractivity contribution < 1.29 is 4.52 Å². The Bertz CT molecular complexity index is 647. The third-order valence-electron chi connectivity index (χ3n) is 3.04. The quantitative estimate of drug-likeness (QED) is 0.676. The molecule has 0 aliphatic heterocycles. The Hall–Kier alpha value is -2.10. The fraction of sp³-hybridized carbons (Fsp3) is 0.231. The van der Waals surface area contributed by atoms with Gasteiger partial charge in [0.2, 0.25) is 0 Å². The van der Waals surface area contributed by atoms with Gasteiger partial charge >= 0.3 is 0 Å². The summed E-state index contributed by atoms with van der Waals surface area (Å²) >= 11 is 0. The van der Waals surface area contributed by atoms with Crippen molar-refractivity contribution in [1.82, 2.24) is 14.7 Å². The Balaban J connectivity index is 2.06. The lowest BCUT2D eigenvalue weighted by Gasteiger charge is -2.03. The van der Waals surface area contributed by atoms with Crippen LogP contribution in [0.1, 0.15) is 17.0 Å². The minimum absolute atomic E-state index is 0.752. The van der Waals surface area contributed by atoms with Crippen molar-refractivity contribution in [3.8, 4) is 0 Å². The van der Waals surface area contributed by atoms with Gasteiger partial charge in [0.15, 0.2) is 0 Å². The number of fused-ring (bicyclic) bond motifs is 1. The number of benzene rings is 1. The van der Waals surface area contributed by atoms with Crippen molar-refractivity contribution in [1.29, 1.82) is 0 Å². The number of hydrogen-bond acceptors (Lipinski definition) is 3. The van der Waals surface area contributed by atoms with E-state index in [9.17, 15) is 0 Å². The lowest BCUT2D eigenvalue weighted by atomic mass is 10.2. The van der Waals surface area contributed by atoms with Crippen molar-refractivity contribution in [2.75, 3.05) is 0 Å². The molecule has 0 amide bonds. The van der Waals surface area contributed by atoms with Crippen LogP contribution in [-0.2, 0) is 6.54 Å². The van der Waals surface area contributed by atoms with Crippen molar-refractivity contribution in [2.24, 2.45) is 0 Å². The van der Waals surface area contributed by atoms with Gasteiger partial charge in [-0.25, -0.2) is 4.98 Å². The second-order valence-corrected chi connectivity index (χ2v) is 4.16. The summed E-state index contributed by atoms with van der Waals surface area (Å²) in [5.74, 6) is 0.875. The lowest BCUT2D eigenvalue weighted by molar-refractivity contribution is 0.392. The van der Waals surface area contributed by atoms with Crippen molar-refractivity contribution in [3.05, 3.63) is 47.6 Å². The molecule has 0 aliphatic carbocycles. The van der Waals surface area contributed by atoms with Crippen LogP contribution in [0.25, 0.3) is 11.0 Å². The predicted molar refractivity (Wildman–Crippen MR) is 64.8 cm³/mol. The SMILES string of the molecule is Cc1noc(C)c1Cn1cnc2ccccc21. The molecule has 0 atom stereocenters. The second kappa shape index (κ2) is 3.73. The van der Waals surface area contributed by atoms with Gasteiger partial charge in [-0.05, 0) is 26.0 Å². The summed E-state index contributed by atoms with van der Waals surface area (Å²) in [5.41, 5.74) is 4.22. The molecule has 17 heavy (non-hydrogen) atoms. The molecule has 0 aliphatic rings. The van der Waals surface area contributed by atoms with Gasteiger partial charge in [-0.1, -0.05) is 17.3 Å². The summed E-state index contributed by atoms with van der Waals surface area (Å²) in [5, 5.41) is 3.97. The third-order valence-corrected chi connectivity index (χ3v) is 3.04. The van der Waals surface area contributed by atoms with Crippen LogP contribution in [-0.4, -0.2) is 14.7 Å². The monoisotopic (exact) mass is 227 g/mol. The zero-order valence-electron chi connectivity index (χ0n) is 9.84. The van der Waals surface area contributed by atoms with Crippen LogP contribution in [0.3, 0.4) is 0 Å². The average molecular weight is 227 g/mol. The maximum Gasteiger partial charge on any atom is 0.138 e. The molecule has 0 saturated heterocycles. The van der Waals surface area contributed by atoms with E-state index in [-0.39, 0.29) is 0 Å². The van der Waals surface area contributed by atoms with E-state index in [4.69, 9.17) is 4.52 Å². The van der Waals surface area contributed by atoms with Gasteiger partial charge in [-0.3, -0.25) is 0 Å². The molecule has 4 heteroatoms. The second-order valence-electron chi connectivity index (χ2n) is 4.16. The number of para-hydroxylation sites is 2. The zero-order chi connectivity index (χ0) is 11.8.